The molecule has 2 aromatic rings. The van der Waals surface area contributed by atoms with E-state index in [4.69, 9.17) is 11.6 Å². The molecule has 0 spiro atoms. The number of hydrogen-bond acceptors (Lipinski definition) is 3. The zero-order chi connectivity index (χ0) is 15.2. The number of aliphatic hydroxyl groups is 1. The average Bonchev–Trinajstić information content (AvgIpc) is 2.53. The smallest absolute Gasteiger partial charge is 0.159 e. The minimum atomic E-state index is -0.594. The van der Waals surface area contributed by atoms with Crippen LogP contribution >= 0.6 is 11.6 Å². The lowest BCUT2D eigenvalue weighted by molar-refractivity contribution is 0.101. The summed E-state index contributed by atoms with van der Waals surface area (Å²) in [6.07, 6.45) is -0.594. The van der Waals surface area contributed by atoms with Crippen molar-refractivity contribution in [3.05, 3.63) is 54.1 Å². The van der Waals surface area contributed by atoms with Gasteiger partial charge >= 0.3 is 0 Å². The number of ketones is 1. The minimum absolute atomic E-state index is 0.0415. The molecule has 0 aliphatic heterocycles. The lowest BCUT2D eigenvalue weighted by Crippen LogP contribution is -2.21. The van der Waals surface area contributed by atoms with Crippen LogP contribution in [0, 0.1) is 0 Å². The fraction of sp³-hybridized carbons (Fsp3) is 0.235. The molecule has 0 radical (unpaired) electrons. The quantitative estimate of drug-likeness (QED) is 0.633. The molecular formula is C17H18ClNO2. The first kappa shape index (κ1) is 15.5. The van der Waals surface area contributed by atoms with Gasteiger partial charge in [0.25, 0.3) is 0 Å². The number of carbonyl (C=O) groups excluding carboxylic acids is 1. The molecule has 4 heteroatoms. The first-order valence-corrected chi connectivity index (χ1v) is 7.33. The van der Waals surface area contributed by atoms with Crippen molar-refractivity contribution in [3.8, 4) is 11.1 Å². The van der Waals surface area contributed by atoms with Gasteiger partial charge in [0.2, 0.25) is 0 Å². The van der Waals surface area contributed by atoms with Crippen molar-refractivity contribution in [1.29, 1.82) is 0 Å². The van der Waals surface area contributed by atoms with E-state index in [1.807, 2.05) is 42.5 Å². The Labute approximate surface area is 129 Å². The molecule has 0 amide bonds. The van der Waals surface area contributed by atoms with Crippen LogP contribution < -0.4 is 5.32 Å². The maximum Gasteiger partial charge on any atom is 0.159 e. The van der Waals surface area contributed by atoms with Crippen LogP contribution in [-0.2, 0) is 0 Å². The predicted octanol–water partition coefficient (Wildman–Crippen LogP) is 3.57. The van der Waals surface area contributed by atoms with Gasteiger partial charge in [-0.3, -0.25) is 4.79 Å². The third kappa shape index (κ3) is 4.06. The van der Waals surface area contributed by atoms with Crippen molar-refractivity contribution >= 4 is 23.1 Å². The molecule has 0 saturated heterocycles. The Bertz CT molecular complexity index is 628. The van der Waals surface area contributed by atoms with Crippen molar-refractivity contribution in [2.45, 2.75) is 13.0 Å². The Hall–Kier alpha value is -1.84. The van der Waals surface area contributed by atoms with E-state index in [9.17, 15) is 9.90 Å². The molecule has 2 aromatic carbocycles. The number of para-hydroxylation sites is 1. The van der Waals surface area contributed by atoms with Gasteiger partial charge in [0.15, 0.2) is 5.78 Å². The first-order valence-electron chi connectivity index (χ1n) is 6.80. The van der Waals surface area contributed by atoms with Gasteiger partial charge in [-0.15, -0.1) is 11.6 Å². The van der Waals surface area contributed by atoms with Gasteiger partial charge in [-0.2, -0.15) is 0 Å². The van der Waals surface area contributed by atoms with Crippen LogP contribution in [0.4, 0.5) is 5.69 Å². The molecule has 0 saturated carbocycles. The van der Waals surface area contributed by atoms with Crippen molar-refractivity contribution in [2.75, 3.05) is 17.7 Å². The first-order chi connectivity index (χ1) is 10.1. The molecule has 1 unspecified atom stereocenters. The van der Waals surface area contributed by atoms with Gasteiger partial charge in [-0.25, -0.2) is 0 Å². The van der Waals surface area contributed by atoms with E-state index in [0.717, 1.165) is 16.8 Å². The third-order valence-corrected chi connectivity index (χ3v) is 3.57. The van der Waals surface area contributed by atoms with Crippen molar-refractivity contribution in [2.24, 2.45) is 0 Å². The maximum absolute atomic E-state index is 11.5. The fourth-order valence-corrected chi connectivity index (χ4v) is 2.19. The molecule has 0 aliphatic rings. The normalized spacial score (nSPS) is 12.0. The number of anilines is 1. The molecule has 1 atom stereocenters. The summed E-state index contributed by atoms with van der Waals surface area (Å²) in [7, 11) is 0. The summed E-state index contributed by atoms with van der Waals surface area (Å²) in [6.45, 7) is 1.94. The predicted molar refractivity (Wildman–Crippen MR) is 87.1 cm³/mol. The van der Waals surface area contributed by atoms with Crippen LogP contribution in [-0.4, -0.2) is 29.4 Å². The molecule has 2 rings (SSSR count). The number of nitrogens with one attached hydrogen (secondary N) is 1. The fourth-order valence-electron chi connectivity index (χ4n) is 2.08. The number of halogens is 1. The lowest BCUT2D eigenvalue weighted by atomic mass is 10.00. The Morgan fingerprint density at radius 3 is 2.71 bits per heavy atom. The second-order valence-electron chi connectivity index (χ2n) is 4.87. The third-order valence-electron chi connectivity index (χ3n) is 3.21. The summed E-state index contributed by atoms with van der Waals surface area (Å²) >= 11 is 5.60. The van der Waals surface area contributed by atoms with Gasteiger partial charge in [0, 0.05) is 23.4 Å². The van der Waals surface area contributed by atoms with Crippen molar-refractivity contribution in [3.63, 3.8) is 0 Å². The van der Waals surface area contributed by atoms with Gasteiger partial charge in [-0.1, -0.05) is 36.4 Å². The maximum atomic E-state index is 11.5. The number of Topliss-reactive ketones (excluding diaryl/α,β-unsaturated/α-hetero) is 1. The standard InChI is InChI=1S/C17H18ClNO2/c1-12(20)13-5-4-6-14(9-13)16-7-2-3-8-17(16)19-11-15(21)10-18/h2-9,15,19,21H,10-11H2,1H3. The number of hydrogen-bond donors (Lipinski definition) is 2. The van der Waals surface area contributed by atoms with Crippen LogP contribution in [0.5, 0.6) is 0 Å². The highest BCUT2D eigenvalue weighted by Crippen LogP contribution is 2.28. The van der Waals surface area contributed by atoms with Crippen molar-refractivity contribution in [1.82, 2.24) is 0 Å². The molecule has 2 N–H and O–H groups in total. The highest BCUT2D eigenvalue weighted by Gasteiger charge is 2.08. The lowest BCUT2D eigenvalue weighted by Gasteiger charge is -2.14. The highest BCUT2D eigenvalue weighted by atomic mass is 35.5. The molecular weight excluding hydrogens is 286 g/mol. The largest absolute Gasteiger partial charge is 0.390 e. The Balaban J connectivity index is 2.31. The average molecular weight is 304 g/mol. The van der Waals surface area contributed by atoms with E-state index in [1.165, 1.54) is 0 Å². The molecule has 3 nitrogen and oxygen atoms in total. The van der Waals surface area contributed by atoms with Gasteiger partial charge in [0.05, 0.1) is 12.0 Å². The monoisotopic (exact) mass is 303 g/mol. The molecule has 110 valence electrons. The summed E-state index contributed by atoms with van der Waals surface area (Å²) in [5.41, 5.74) is 3.54. The summed E-state index contributed by atoms with van der Waals surface area (Å²) in [5.74, 6) is 0.231. The highest BCUT2D eigenvalue weighted by molar-refractivity contribution is 6.18. The van der Waals surface area contributed by atoms with E-state index < -0.39 is 6.10 Å². The van der Waals surface area contributed by atoms with E-state index in [1.54, 1.807) is 13.0 Å². The summed E-state index contributed by atoms with van der Waals surface area (Å²) in [4.78, 5) is 11.5. The molecule has 0 aliphatic carbocycles. The summed E-state index contributed by atoms with van der Waals surface area (Å²) in [6, 6.07) is 15.3. The van der Waals surface area contributed by atoms with Gasteiger partial charge in [-0.05, 0) is 24.6 Å². The Morgan fingerprint density at radius 1 is 1.24 bits per heavy atom. The zero-order valence-electron chi connectivity index (χ0n) is 11.8. The molecule has 0 heterocycles. The summed E-state index contributed by atoms with van der Waals surface area (Å²) < 4.78 is 0. The number of aliphatic hydroxyl groups excluding tert-OH is 1. The van der Waals surface area contributed by atoms with Crippen LogP contribution in [0.1, 0.15) is 17.3 Å². The summed E-state index contributed by atoms with van der Waals surface area (Å²) in [5, 5.41) is 12.8. The second kappa shape index (κ2) is 7.25. The topological polar surface area (TPSA) is 49.3 Å². The van der Waals surface area contributed by atoms with Crippen LogP contribution in [0.25, 0.3) is 11.1 Å². The number of carbonyl (C=O) groups is 1. The van der Waals surface area contributed by atoms with E-state index >= 15 is 0 Å². The van der Waals surface area contributed by atoms with Gasteiger partial charge in [0.1, 0.15) is 0 Å². The molecule has 21 heavy (non-hydrogen) atoms. The van der Waals surface area contributed by atoms with Crippen LogP contribution in [0.2, 0.25) is 0 Å². The van der Waals surface area contributed by atoms with Crippen LogP contribution in [0.3, 0.4) is 0 Å². The molecule has 0 bridgehead atoms. The Kier molecular flexibility index (Phi) is 5.37. The number of rotatable bonds is 6. The number of alkyl halides is 1. The second-order valence-corrected chi connectivity index (χ2v) is 5.18. The SMILES string of the molecule is CC(=O)c1cccc(-c2ccccc2NCC(O)CCl)c1. The van der Waals surface area contributed by atoms with E-state index in [2.05, 4.69) is 5.32 Å². The van der Waals surface area contributed by atoms with E-state index in [0.29, 0.717) is 12.1 Å². The minimum Gasteiger partial charge on any atom is -0.390 e. The van der Waals surface area contributed by atoms with Crippen molar-refractivity contribution < 1.29 is 9.90 Å². The van der Waals surface area contributed by atoms with E-state index in [-0.39, 0.29) is 11.7 Å². The zero-order valence-corrected chi connectivity index (χ0v) is 12.6. The van der Waals surface area contributed by atoms with Gasteiger partial charge < -0.3 is 10.4 Å². The Morgan fingerprint density at radius 2 is 2.00 bits per heavy atom. The van der Waals surface area contributed by atoms with Crippen LogP contribution in [0.15, 0.2) is 48.5 Å². The molecule has 0 fully saturated rings. The molecule has 0 aromatic heterocycles. The number of benzene rings is 2.